The molecule has 0 saturated carbocycles. The minimum atomic E-state index is -1.08. The molecule has 0 spiro atoms. The zero-order chi connectivity index (χ0) is 17.2. The second-order valence-electron chi connectivity index (χ2n) is 5.10. The Morgan fingerprint density at radius 3 is 2.17 bits per heavy atom. The normalized spacial score (nSPS) is 11.5. The van der Waals surface area contributed by atoms with E-state index in [1.165, 1.54) is 11.8 Å². The highest BCUT2D eigenvalue weighted by molar-refractivity contribution is 7.98. The lowest BCUT2D eigenvalue weighted by atomic mass is 10.2. The second-order valence-corrected chi connectivity index (χ2v) is 6.13. The molecule has 6 heteroatoms. The van der Waals surface area contributed by atoms with Crippen LogP contribution in [0.3, 0.4) is 0 Å². The second kappa shape index (κ2) is 9.62. The minimum Gasteiger partial charge on any atom is -0.480 e. The van der Waals surface area contributed by atoms with Gasteiger partial charge < -0.3 is 15.2 Å². The lowest BCUT2D eigenvalue weighted by Crippen LogP contribution is -2.42. The number of hydrogen-bond donors (Lipinski definition) is 2. The number of benzene rings is 2. The molecule has 5 nitrogen and oxygen atoms in total. The largest absolute Gasteiger partial charge is 0.480 e. The smallest absolute Gasteiger partial charge is 0.408 e. The first kappa shape index (κ1) is 17.9. The Kier molecular flexibility index (Phi) is 7.17. The molecule has 2 rings (SSSR count). The molecule has 1 amide bonds. The van der Waals surface area contributed by atoms with Crippen molar-refractivity contribution in [2.45, 2.75) is 18.4 Å². The van der Waals surface area contributed by atoms with Gasteiger partial charge in [0.1, 0.15) is 12.6 Å². The molecule has 0 aliphatic rings. The first-order chi connectivity index (χ1) is 11.6. The third-order valence-electron chi connectivity index (χ3n) is 3.20. The van der Waals surface area contributed by atoms with E-state index in [4.69, 9.17) is 4.74 Å². The van der Waals surface area contributed by atoms with Crippen LogP contribution in [0.5, 0.6) is 0 Å². The van der Waals surface area contributed by atoms with E-state index in [-0.39, 0.29) is 12.4 Å². The van der Waals surface area contributed by atoms with Crippen LogP contribution in [0.15, 0.2) is 60.7 Å². The molecular formula is C18H19NO4S. The number of hydrogen-bond acceptors (Lipinski definition) is 4. The van der Waals surface area contributed by atoms with Gasteiger partial charge in [0.05, 0.1) is 0 Å². The van der Waals surface area contributed by atoms with E-state index in [1.807, 2.05) is 60.7 Å². The number of amides is 1. The van der Waals surface area contributed by atoms with Crippen molar-refractivity contribution in [2.24, 2.45) is 0 Å². The predicted octanol–water partition coefficient (Wildman–Crippen LogP) is 3.30. The van der Waals surface area contributed by atoms with Gasteiger partial charge in [-0.3, -0.25) is 0 Å². The predicted molar refractivity (Wildman–Crippen MR) is 93.8 cm³/mol. The van der Waals surface area contributed by atoms with Gasteiger partial charge in [-0.25, -0.2) is 9.59 Å². The molecule has 126 valence electrons. The van der Waals surface area contributed by atoms with Crippen LogP contribution in [0.2, 0.25) is 0 Å². The van der Waals surface area contributed by atoms with Gasteiger partial charge in [0, 0.05) is 11.5 Å². The molecule has 0 unspecified atom stereocenters. The van der Waals surface area contributed by atoms with Gasteiger partial charge >= 0.3 is 12.1 Å². The Bertz CT molecular complexity index is 649. The SMILES string of the molecule is O=C(N[C@@H](CSCc1ccccc1)C(=O)O)OCc1ccccc1. The first-order valence-electron chi connectivity index (χ1n) is 7.47. The number of rotatable bonds is 8. The van der Waals surface area contributed by atoms with Crippen molar-refractivity contribution in [3.05, 3.63) is 71.8 Å². The van der Waals surface area contributed by atoms with E-state index in [1.54, 1.807) is 0 Å². The fraction of sp³-hybridized carbons (Fsp3) is 0.222. The highest BCUT2D eigenvalue weighted by Crippen LogP contribution is 2.13. The van der Waals surface area contributed by atoms with Crippen LogP contribution in [-0.4, -0.2) is 29.0 Å². The summed E-state index contributed by atoms with van der Waals surface area (Å²) in [5.41, 5.74) is 1.95. The van der Waals surface area contributed by atoms with Crippen molar-refractivity contribution in [2.75, 3.05) is 5.75 Å². The number of carbonyl (C=O) groups is 2. The summed E-state index contributed by atoms with van der Waals surface area (Å²) < 4.78 is 5.05. The molecular weight excluding hydrogens is 326 g/mol. The van der Waals surface area contributed by atoms with E-state index in [2.05, 4.69) is 5.32 Å². The molecule has 1 atom stereocenters. The van der Waals surface area contributed by atoms with Crippen LogP contribution >= 0.6 is 11.8 Å². The lowest BCUT2D eigenvalue weighted by Gasteiger charge is -2.14. The Hall–Kier alpha value is -2.47. The quantitative estimate of drug-likeness (QED) is 0.768. The Labute approximate surface area is 145 Å². The monoisotopic (exact) mass is 345 g/mol. The van der Waals surface area contributed by atoms with Crippen molar-refractivity contribution >= 4 is 23.8 Å². The van der Waals surface area contributed by atoms with Crippen molar-refractivity contribution in [3.8, 4) is 0 Å². The van der Waals surface area contributed by atoms with Crippen LogP contribution in [0.25, 0.3) is 0 Å². The molecule has 0 aliphatic carbocycles. The summed E-state index contributed by atoms with van der Waals surface area (Å²) in [6, 6.07) is 18.0. The van der Waals surface area contributed by atoms with Gasteiger partial charge in [0.15, 0.2) is 0 Å². The van der Waals surface area contributed by atoms with Crippen molar-refractivity contribution in [1.82, 2.24) is 5.32 Å². The fourth-order valence-corrected chi connectivity index (χ4v) is 2.96. The summed E-state index contributed by atoms with van der Waals surface area (Å²) >= 11 is 1.45. The maximum Gasteiger partial charge on any atom is 0.408 e. The molecule has 2 aromatic rings. The number of thioether (sulfide) groups is 1. The minimum absolute atomic E-state index is 0.107. The highest BCUT2D eigenvalue weighted by atomic mass is 32.2. The fourth-order valence-electron chi connectivity index (χ4n) is 1.95. The number of aliphatic carboxylic acids is 1. The van der Waals surface area contributed by atoms with Crippen LogP contribution < -0.4 is 5.32 Å². The molecule has 0 aromatic heterocycles. The summed E-state index contributed by atoms with van der Waals surface area (Å²) in [7, 11) is 0. The lowest BCUT2D eigenvalue weighted by molar-refractivity contribution is -0.138. The van der Waals surface area contributed by atoms with Crippen molar-refractivity contribution in [1.29, 1.82) is 0 Å². The number of alkyl carbamates (subject to hydrolysis) is 1. The van der Waals surface area contributed by atoms with Crippen LogP contribution in [0.1, 0.15) is 11.1 Å². The van der Waals surface area contributed by atoms with Crippen LogP contribution in [0, 0.1) is 0 Å². The van der Waals surface area contributed by atoms with Crippen LogP contribution in [-0.2, 0) is 21.9 Å². The summed E-state index contributed by atoms with van der Waals surface area (Å²) in [6.07, 6.45) is -0.730. The van der Waals surface area contributed by atoms with Gasteiger partial charge in [0.2, 0.25) is 0 Å². The van der Waals surface area contributed by atoms with Gasteiger partial charge in [-0.1, -0.05) is 60.7 Å². The number of carboxylic acid groups (broad SMARTS) is 1. The zero-order valence-electron chi connectivity index (χ0n) is 13.1. The summed E-state index contributed by atoms with van der Waals surface area (Å²) in [5.74, 6) is -0.122. The van der Waals surface area contributed by atoms with Gasteiger partial charge in [-0.05, 0) is 11.1 Å². The molecule has 0 bridgehead atoms. The molecule has 0 aliphatic heterocycles. The molecule has 0 saturated heterocycles. The Balaban J connectivity index is 1.75. The summed E-state index contributed by atoms with van der Waals surface area (Å²) in [5, 5.41) is 11.6. The standard InChI is InChI=1S/C18H19NO4S/c20-17(21)16(13-24-12-15-9-5-2-6-10-15)19-18(22)23-11-14-7-3-1-4-8-14/h1-10,16H,11-13H2,(H,19,22)(H,20,21)/t16-/m0/s1. The van der Waals surface area contributed by atoms with Gasteiger partial charge in [0.25, 0.3) is 0 Å². The summed E-state index contributed by atoms with van der Waals surface area (Å²) in [4.78, 5) is 23.0. The average Bonchev–Trinajstić information content (AvgIpc) is 2.61. The third kappa shape index (κ3) is 6.34. The molecule has 0 fully saturated rings. The number of nitrogens with one attached hydrogen (secondary N) is 1. The number of ether oxygens (including phenoxy) is 1. The van der Waals surface area contributed by atoms with Crippen molar-refractivity contribution in [3.63, 3.8) is 0 Å². The zero-order valence-corrected chi connectivity index (χ0v) is 13.9. The van der Waals surface area contributed by atoms with E-state index >= 15 is 0 Å². The third-order valence-corrected chi connectivity index (χ3v) is 4.31. The van der Waals surface area contributed by atoms with Crippen LogP contribution in [0.4, 0.5) is 4.79 Å². The average molecular weight is 345 g/mol. The highest BCUT2D eigenvalue weighted by Gasteiger charge is 2.20. The van der Waals surface area contributed by atoms with E-state index in [0.717, 1.165) is 11.1 Å². The Morgan fingerprint density at radius 2 is 1.58 bits per heavy atom. The maximum atomic E-state index is 11.8. The molecule has 24 heavy (non-hydrogen) atoms. The number of carboxylic acids is 1. The molecule has 2 N–H and O–H groups in total. The van der Waals surface area contributed by atoms with Gasteiger partial charge in [-0.15, -0.1) is 0 Å². The summed E-state index contributed by atoms with van der Waals surface area (Å²) in [6.45, 7) is 0.107. The Morgan fingerprint density at radius 1 is 1.00 bits per heavy atom. The van der Waals surface area contributed by atoms with E-state index in [9.17, 15) is 14.7 Å². The van der Waals surface area contributed by atoms with E-state index in [0.29, 0.717) is 5.75 Å². The van der Waals surface area contributed by atoms with E-state index < -0.39 is 18.1 Å². The van der Waals surface area contributed by atoms with Gasteiger partial charge in [-0.2, -0.15) is 11.8 Å². The first-order valence-corrected chi connectivity index (χ1v) is 8.62. The molecule has 2 aromatic carbocycles. The molecule has 0 radical (unpaired) electrons. The van der Waals surface area contributed by atoms with Crippen molar-refractivity contribution < 1.29 is 19.4 Å². The number of carbonyl (C=O) groups excluding carboxylic acids is 1. The molecule has 0 heterocycles. The maximum absolute atomic E-state index is 11.8. The topological polar surface area (TPSA) is 75.6 Å².